The molecule has 0 spiro atoms. The lowest BCUT2D eigenvalue weighted by atomic mass is 10.1. The van der Waals surface area contributed by atoms with E-state index in [4.69, 9.17) is 4.55 Å². The summed E-state index contributed by atoms with van der Waals surface area (Å²) in [5, 5.41) is 0. The minimum atomic E-state index is -5.52. The van der Waals surface area contributed by atoms with Gasteiger partial charge in [-0.05, 0) is 53.1 Å². The van der Waals surface area contributed by atoms with Crippen LogP contribution in [-0.4, -0.2) is 13.0 Å². The SMILES string of the molecule is CCCCCc1ccc(I)cc1.O=S(=O)(O)c1c(F)c(F)c(F)c(F)c1F. The molecule has 0 saturated heterocycles. The normalized spacial score (nSPS) is 11.1. The van der Waals surface area contributed by atoms with Gasteiger partial charge in [0, 0.05) is 3.57 Å². The van der Waals surface area contributed by atoms with E-state index in [9.17, 15) is 30.4 Å². The molecule has 0 saturated carbocycles. The van der Waals surface area contributed by atoms with Gasteiger partial charge in [-0.2, -0.15) is 8.42 Å². The van der Waals surface area contributed by atoms with Gasteiger partial charge in [0.15, 0.2) is 28.2 Å². The highest BCUT2D eigenvalue weighted by atomic mass is 127. The van der Waals surface area contributed by atoms with Crippen LogP contribution >= 0.6 is 22.6 Å². The fourth-order valence-electron chi connectivity index (χ4n) is 2.04. The molecule has 2 rings (SSSR count). The molecule has 2 aromatic carbocycles. The molecule has 0 bridgehead atoms. The maximum absolute atomic E-state index is 12.6. The highest BCUT2D eigenvalue weighted by molar-refractivity contribution is 14.1. The number of unbranched alkanes of at least 4 members (excludes halogenated alkanes) is 2. The average molecular weight is 522 g/mol. The van der Waals surface area contributed by atoms with Crippen LogP contribution in [-0.2, 0) is 16.5 Å². The Morgan fingerprint density at radius 2 is 1.30 bits per heavy atom. The smallest absolute Gasteiger partial charge is 0.282 e. The van der Waals surface area contributed by atoms with Crippen LogP contribution in [0.4, 0.5) is 22.0 Å². The van der Waals surface area contributed by atoms with Crippen molar-refractivity contribution in [3.05, 3.63) is 62.5 Å². The number of halogens is 6. The second kappa shape index (κ2) is 10.3. The van der Waals surface area contributed by atoms with Gasteiger partial charge in [0.25, 0.3) is 0 Å². The summed E-state index contributed by atoms with van der Waals surface area (Å²) in [5.74, 6) is -12.6. The lowest BCUT2D eigenvalue weighted by Gasteiger charge is -2.04. The maximum Gasteiger partial charge on any atom is 0.300 e. The van der Waals surface area contributed by atoms with Crippen LogP contribution in [0.5, 0.6) is 0 Å². The maximum atomic E-state index is 12.6. The molecular weight excluding hydrogens is 506 g/mol. The molecule has 3 nitrogen and oxygen atoms in total. The van der Waals surface area contributed by atoms with E-state index < -0.39 is 44.1 Å². The average Bonchev–Trinajstić information content (AvgIpc) is 2.60. The van der Waals surface area contributed by atoms with Gasteiger partial charge in [-0.1, -0.05) is 31.9 Å². The lowest BCUT2D eigenvalue weighted by Crippen LogP contribution is -2.11. The number of aryl methyl sites for hydroxylation is 1. The fourth-order valence-corrected chi connectivity index (χ4v) is 3.03. The van der Waals surface area contributed by atoms with E-state index in [0.717, 1.165) is 0 Å². The van der Waals surface area contributed by atoms with Crippen LogP contribution in [0.15, 0.2) is 29.2 Å². The number of hydrogen-bond acceptors (Lipinski definition) is 2. The first-order chi connectivity index (χ1) is 12.5. The zero-order valence-corrected chi connectivity index (χ0v) is 17.1. The summed E-state index contributed by atoms with van der Waals surface area (Å²) in [4.78, 5) is -2.26. The first-order valence-electron chi connectivity index (χ1n) is 7.74. The van der Waals surface area contributed by atoms with Crippen molar-refractivity contribution in [2.24, 2.45) is 0 Å². The Morgan fingerprint density at radius 1 is 0.852 bits per heavy atom. The summed E-state index contributed by atoms with van der Waals surface area (Å²) in [7, 11) is -5.52. The molecule has 0 aromatic heterocycles. The lowest BCUT2D eigenvalue weighted by molar-refractivity contribution is 0.352. The molecule has 0 aliphatic rings. The predicted molar refractivity (Wildman–Crippen MR) is 98.4 cm³/mol. The summed E-state index contributed by atoms with van der Waals surface area (Å²) in [5.41, 5.74) is 1.48. The van der Waals surface area contributed by atoms with Gasteiger partial charge in [-0.25, -0.2) is 22.0 Å². The Morgan fingerprint density at radius 3 is 1.70 bits per heavy atom. The van der Waals surface area contributed by atoms with E-state index in [1.165, 1.54) is 34.8 Å². The molecular formula is C17H16F5IO3S. The zero-order chi connectivity index (χ0) is 20.8. The third-order valence-electron chi connectivity index (χ3n) is 3.41. The molecule has 0 unspecified atom stereocenters. The van der Waals surface area contributed by atoms with Crippen molar-refractivity contribution in [3.8, 4) is 0 Å². The summed E-state index contributed by atoms with van der Waals surface area (Å²) in [6.45, 7) is 2.24. The van der Waals surface area contributed by atoms with E-state index in [2.05, 4.69) is 53.8 Å². The van der Waals surface area contributed by atoms with Crippen molar-refractivity contribution < 1.29 is 34.9 Å². The van der Waals surface area contributed by atoms with Crippen molar-refractivity contribution in [1.82, 2.24) is 0 Å². The van der Waals surface area contributed by atoms with Crippen LogP contribution in [0, 0.1) is 32.7 Å². The van der Waals surface area contributed by atoms with Crippen LogP contribution < -0.4 is 0 Å². The number of hydrogen-bond donors (Lipinski definition) is 1. The van der Waals surface area contributed by atoms with E-state index in [1.807, 2.05) is 0 Å². The molecule has 0 amide bonds. The Bertz CT molecular complexity index is 857. The molecule has 0 heterocycles. The quantitative estimate of drug-likeness (QED) is 0.138. The first-order valence-corrected chi connectivity index (χ1v) is 10.3. The highest BCUT2D eigenvalue weighted by Crippen LogP contribution is 2.26. The van der Waals surface area contributed by atoms with Gasteiger partial charge < -0.3 is 0 Å². The van der Waals surface area contributed by atoms with E-state index >= 15 is 0 Å². The molecule has 150 valence electrons. The molecule has 0 radical (unpaired) electrons. The van der Waals surface area contributed by atoms with Crippen molar-refractivity contribution in [1.29, 1.82) is 0 Å². The van der Waals surface area contributed by atoms with Crippen molar-refractivity contribution in [2.45, 2.75) is 37.5 Å². The summed E-state index contributed by atoms with van der Waals surface area (Å²) >= 11 is 2.34. The van der Waals surface area contributed by atoms with E-state index in [-0.39, 0.29) is 0 Å². The Hall–Kier alpha value is -1.27. The van der Waals surface area contributed by atoms with Gasteiger partial charge >= 0.3 is 10.1 Å². The van der Waals surface area contributed by atoms with Crippen molar-refractivity contribution in [2.75, 3.05) is 0 Å². The zero-order valence-electron chi connectivity index (χ0n) is 14.1. The second-order valence-corrected chi connectivity index (χ2v) is 8.06. The van der Waals surface area contributed by atoms with Crippen LogP contribution in [0.1, 0.15) is 31.7 Å². The fraction of sp³-hybridized carbons (Fsp3) is 0.294. The first kappa shape index (κ1) is 23.8. The number of benzene rings is 2. The van der Waals surface area contributed by atoms with Gasteiger partial charge in [-0.3, -0.25) is 4.55 Å². The molecule has 0 atom stereocenters. The topological polar surface area (TPSA) is 54.4 Å². The Balaban J connectivity index is 0.000000277. The molecule has 27 heavy (non-hydrogen) atoms. The van der Waals surface area contributed by atoms with Crippen molar-refractivity contribution >= 4 is 32.7 Å². The summed E-state index contributed by atoms with van der Waals surface area (Å²) in [6, 6.07) is 8.83. The molecule has 1 N–H and O–H groups in total. The van der Waals surface area contributed by atoms with Crippen LogP contribution in [0.3, 0.4) is 0 Å². The predicted octanol–water partition coefficient (Wildman–Crippen LogP) is 5.65. The Kier molecular flexibility index (Phi) is 9.09. The largest absolute Gasteiger partial charge is 0.300 e. The third kappa shape index (κ3) is 6.68. The van der Waals surface area contributed by atoms with Crippen molar-refractivity contribution in [3.63, 3.8) is 0 Å². The molecule has 10 heteroatoms. The summed E-state index contributed by atoms with van der Waals surface area (Å²) < 4.78 is 92.6. The second-order valence-electron chi connectivity index (χ2n) is 5.46. The van der Waals surface area contributed by atoms with Gasteiger partial charge in [0.05, 0.1) is 0 Å². The van der Waals surface area contributed by atoms with Gasteiger partial charge in [0.1, 0.15) is 0 Å². The number of rotatable bonds is 5. The molecule has 2 aromatic rings. The molecule has 0 aliphatic heterocycles. The highest BCUT2D eigenvalue weighted by Gasteiger charge is 2.32. The van der Waals surface area contributed by atoms with Gasteiger partial charge in [0.2, 0.25) is 5.82 Å². The standard InChI is InChI=1S/C11H15I.C6HF5O3S/c1-2-3-4-5-10-6-8-11(12)9-7-10;7-1-2(8)4(10)6(15(12,13)14)5(11)3(1)9/h6-9H,2-5H2,1H3;(H,12,13,14). The minimum absolute atomic E-state index is 1.24. The summed E-state index contributed by atoms with van der Waals surface area (Å²) in [6.07, 6.45) is 5.23. The Labute approximate surface area is 167 Å². The van der Waals surface area contributed by atoms with Gasteiger partial charge in [-0.15, -0.1) is 0 Å². The van der Waals surface area contributed by atoms with Crippen LogP contribution in [0.2, 0.25) is 0 Å². The van der Waals surface area contributed by atoms with E-state index in [0.29, 0.717) is 0 Å². The van der Waals surface area contributed by atoms with E-state index in [1.54, 1.807) is 0 Å². The molecule has 0 fully saturated rings. The third-order valence-corrected chi connectivity index (χ3v) is 5.00. The van der Waals surface area contributed by atoms with Crippen LogP contribution in [0.25, 0.3) is 0 Å². The monoisotopic (exact) mass is 522 g/mol. The molecule has 0 aliphatic carbocycles. The minimum Gasteiger partial charge on any atom is -0.282 e.